The van der Waals surface area contributed by atoms with Gasteiger partial charge in [0.15, 0.2) is 0 Å². The normalized spacial score (nSPS) is 27.1. The fraction of sp³-hybridized carbons (Fsp3) is 0.600. The molecule has 3 atom stereocenters. The van der Waals surface area contributed by atoms with E-state index in [4.69, 9.17) is 11.6 Å². The van der Waals surface area contributed by atoms with Gasteiger partial charge in [0.05, 0.1) is 0 Å². The number of nitrogens with one attached hydrogen (secondary N) is 1. The molecule has 0 saturated carbocycles. The summed E-state index contributed by atoms with van der Waals surface area (Å²) >= 11 is 5.97. The standard InChI is InChI=1S/C15H23ClN2/c1-4-15(13-5-7-14(16)8-6-13)18-10-11(2)17-9-12(18)3/h5-8,11-12,15,17H,4,9-10H2,1-3H3/t11-,12+,15?/m0/s1. The van der Waals surface area contributed by atoms with E-state index in [1.807, 2.05) is 12.1 Å². The van der Waals surface area contributed by atoms with Crippen LogP contribution in [0.1, 0.15) is 38.8 Å². The van der Waals surface area contributed by atoms with Crippen molar-refractivity contribution in [3.05, 3.63) is 34.9 Å². The summed E-state index contributed by atoms with van der Waals surface area (Å²) in [7, 11) is 0. The third kappa shape index (κ3) is 3.05. The molecule has 1 fully saturated rings. The number of hydrogen-bond donors (Lipinski definition) is 1. The molecule has 0 amide bonds. The van der Waals surface area contributed by atoms with Crippen LogP contribution in [-0.4, -0.2) is 30.1 Å². The summed E-state index contributed by atoms with van der Waals surface area (Å²) < 4.78 is 0. The maximum absolute atomic E-state index is 5.97. The minimum absolute atomic E-state index is 0.502. The van der Waals surface area contributed by atoms with Crippen molar-refractivity contribution in [2.24, 2.45) is 0 Å². The fourth-order valence-corrected chi connectivity index (χ4v) is 2.96. The first-order valence-electron chi connectivity index (χ1n) is 6.86. The average Bonchev–Trinajstić information content (AvgIpc) is 2.37. The molecule has 1 N–H and O–H groups in total. The Morgan fingerprint density at radius 2 is 2.00 bits per heavy atom. The summed E-state index contributed by atoms with van der Waals surface area (Å²) in [6.07, 6.45) is 1.14. The van der Waals surface area contributed by atoms with Crippen LogP contribution in [-0.2, 0) is 0 Å². The van der Waals surface area contributed by atoms with E-state index < -0.39 is 0 Å². The van der Waals surface area contributed by atoms with Crippen LogP contribution in [0.3, 0.4) is 0 Å². The number of hydrogen-bond acceptors (Lipinski definition) is 2. The van der Waals surface area contributed by atoms with Gasteiger partial charge in [0.1, 0.15) is 0 Å². The lowest BCUT2D eigenvalue weighted by Crippen LogP contribution is -2.55. The van der Waals surface area contributed by atoms with Gasteiger partial charge in [0, 0.05) is 36.2 Å². The van der Waals surface area contributed by atoms with Gasteiger partial charge in [0.25, 0.3) is 0 Å². The summed E-state index contributed by atoms with van der Waals surface area (Å²) in [6, 6.07) is 9.98. The molecule has 1 heterocycles. The Morgan fingerprint density at radius 3 is 2.61 bits per heavy atom. The predicted molar refractivity (Wildman–Crippen MR) is 78.1 cm³/mol. The Morgan fingerprint density at radius 1 is 1.33 bits per heavy atom. The lowest BCUT2D eigenvalue weighted by atomic mass is 9.99. The molecule has 2 rings (SSSR count). The molecular weight excluding hydrogens is 244 g/mol. The summed E-state index contributed by atoms with van der Waals surface area (Å²) in [5.74, 6) is 0. The molecule has 100 valence electrons. The molecule has 1 aromatic carbocycles. The number of halogens is 1. The number of benzene rings is 1. The van der Waals surface area contributed by atoms with E-state index in [-0.39, 0.29) is 0 Å². The van der Waals surface area contributed by atoms with E-state index in [0.717, 1.165) is 24.5 Å². The first-order valence-corrected chi connectivity index (χ1v) is 7.24. The highest BCUT2D eigenvalue weighted by Crippen LogP contribution is 2.28. The molecule has 0 bridgehead atoms. The number of rotatable bonds is 3. The van der Waals surface area contributed by atoms with E-state index in [1.165, 1.54) is 5.56 Å². The van der Waals surface area contributed by atoms with E-state index in [0.29, 0.717) is 18.1 Å². The molecule has 18 heavy (non-hydrogen) atoms. The third-order valence-electron chi connectivity index (χ3n) is 3.85. The smallest absolute Gasteiger partial charge is 0.0406 e. The number of nitrogens with zero attached hydrogens (tertiary/aromatic N) is 1. The highest BCUT2D eigenvalue weighted by molar-refractivity contribution is 6.30. The van der Waals surface area contributed by atoms with Gasteiger partial charge in [-0.3, -0.25) is 4.90 Å². The average molecular weight is 267 g/mol. The van der Waals surface area contributed by atoms with Crippen molar-refractivity contribution in [2.75, 3.05) is 13.1 Å². The van der Waals surface area contributed by atoms with Gasteiger partial charge >= 0.3 is 0 Å². The van der Waals surface area contributed by atoms with Crippen molar-refractivity contribution in [1.29, 1.82) is 0 Å². The molecule has 3 heteroatoms. The summed E-state index contributed by atoms with van der Waals surface area (Å²) in [5, 5.41) is 4.35. The van der Waals surface area contributed by atoms with Crippen molar-refractivity contribution in [1.82, 2.24) is 10.2 Å². The molecule has 1 aromatic rings. The molecule has 2 nitrogen and oxygen atoms in total. The second-order valence-electron chi connectivity index (χ2n) is 5.33. The summed E-state index contributed by atoms with van der Waals surface area (Å²) in [4.78, 5) is 2.62. The first kappa shape index (κ1) is 13.9. The minimum atomic E-state index is 0.502. The highest BCUT2D eigenvalue weighted by Gasteiger charge is 2.28. The largest absolute Gasteiger partial charge is 0.311 e. The van der Waals surface area contributed by atoms with Crippen molar-refractivity contribution in [3.8, 4) is 0 Å². The molecule has 1 aliphatic rings. The first-order chi connectivity index (χ1) is 8.61. The summed E-state index contributed by atoms with van der Waals surface area (Å²) in [5.41, 5.74) is 1.38. The Hall–Kier alpha value is -0.570. The van der Waals surface area contributed by atoms with E-state index >= 15 is 0 Å². The Bertz CT molecular complexity index is 377. The van der Waals surface area contributed by atoms with Crippen LogP contribution in [0.15, 0.2) is 24.3 Å². The van der Waals surface area contributed by atoms with Crippen LogP contribution in [0.2, 0.25) is 5.02 Å². The molecule has 1 unspecified atom stereocenters. The Labute approximate surface area is 115 Å². The second kappa shape index (κ2) is 6.05. The van der Waals surface area contributed by atoms with Crippen LogP contribution < -0.4 is 5.32 Å². The van der Waals surface area contributed by atoms with Crippen LogP contribution in [0.25, 0.3) is 0 Å². The second-order valence-corrected chi connectivity index (χ2v) is 5.77. The topological polar surface area (TPSA) is 15.3 Å². The third-order valence-corrected chi connectivity index (χ3v) is 4.11. The van der Waals surface area contributed by atoms with E-state index in [2.05, 4.69) is 43.1 Å². The van der Waals surface area contributed by atoms with Crippen molar-refractivity contribution in [3.63, 3.8) is 0 Å². The molecule has 0 aliphatic carbocycles. The summed E-state index contributed by atoms with van der Waals surface area (Å²) in [6.45, 7) is 9.01. The quantitative estimate of drug-likeness (QED) is 0.901. The van der Waals surface area contributed by atoms with Gasteiger partial charge in [-0.1, -0.05) is 30.7 Å². The lowest BCUT2D eigenvalue weighted by molar-refractivity contribution is 0.0921. The van der Waals surface area contributed by atoms with Crippen LogP contribution in [0, 0.1) is 0 Å². The molecule has 0 radical (unpaired) electrons. The molecule has 0 aromatic heterocycles. The highest BCUT2D eigenvalue weighted by atomic mass is 35.5. The maximum atomic E-state index is 5.97. The molecule has 0 spiro atoms. The zero-order valence-electron chi connectivity index (χ0n) is 11.5. The van der Waals surface area contributed by atoms with Gasteiger partial charge in [-0.2, -0.15) is 0 Å². The fourth-order valence-electron chi connectivity index (χ4n) is 2.83. The lowest BCUT2D eigenvalue weighted by Gasteiger charge is -2.42. The Balaban J connectivity index is 2.19. The van der Waals surface area contributed by atoms with Crippen molar-refractivity contribution >= 4 is 11.6 Å². The Kier molecular flexibility index (Phi) is 4.66. The van der Waals surface area contributed by atoms with Crippen LogP contribution >= 0.6 is 11.6 Å². The predicted octanol–water partition coefficient (Wildman–Crippen LogP) is 3.47. The van der Waals surface area contributed by atoms with Crippen LogP contribution in [0.4, 0.5) is 0 Å². The van der Waals surface area contributed by atoms with Gasteiger partial charge in [-0.15, -0.1) is 0 Å². The molecule has 1 saturated heterocycles. The van der Waals surface area contributed by atoms with Crippen molar-refractivity contribution in [2.45, 2.75) is 45.3 Å². The monoisotopic (exact) mass is 266 g/mol. The van der Waals surface area contributed by atoms with Crippen LogP contribution in [0.5, 0.6) is 0 Å². The zero-order valence-corrected chi connectivity index (χ0v) is 12.2. The van der Waals surface area contributed by atoms with Gasteiger partial charge in [-0.05, 0) is 38.0 Å². The van der Waals surface area contributed by atoms with Gasteiger partial charge < -0.3 is 5.32 Å². The molecule has 1 aliphatic heterocycles. The minimum Gasteiger partial charge on any atom is -0.311 e. The number of piperazine rings is 1. The van der Waals surface area contributed by atoms with Crippen molar-refractivity contribution < 1.29 is 0 Å². The zero-order chi connectivity index (χ0) is 13.1. The maximum Gasteiger partial charge on any atom is 0.0406 e. The van der Waals surface area contributed by atoms with Gasteiger partial charge in [-0.25, -0.2) is 0 Å². The molecular formula is C15H23ClN2. The van der Waals surface area contributed by atoms with Gasteiger partial charge in [0.2, 0.25) is 0 Å². The van der Waals surface area contributed by atoms with E-state index in [9.17, 15) is 0 Å². The van der Waals surface area contributed by atoms with E-state index in [1.54, 1.807) is 0 Å². The SMILES string of the molecule is CCC(c1ccc(Cl)cc1)N1C[C@H](C)NC[C@H]1C.